The second-order valence-electron chi connectivity index (χ2n) is 3.94. The molecule has 0 unspecified atom stereocenters. The fourth-order valence-electron chi connectivity index (χ4n) is 2.05. The van der Waals surface area contributed by atoms with Crippen molar-refractivity contribution in [3.63, 3.8) is 0 Å². The van der Waals surface area contributed by atoms with Crippen LogP contribution in [0.1, 0.15) is 13.8 Å². The van der Waals surface area contributed by atoms with Crippen LogP contribution in [0.15, 0.2) is 54.9 Å². The minimum atomic E-state index is 0.770. The van der Waals surface area contributed by atoms with E-state index >= 15 is 0 Å². The Balaban J connectivity index is 0.000000704. The number of ether oxygens (including phenoxy) is 1. The minimum absolute atomic E-state index is 0.770. The number of para-hydroxylation sites is 1. The number of fused-ring (bicyclic) bond motifs is 1. The highest BCUT2D eigenvalue weighted by atomic mass is 16.5. The number of rotatable bonds is 2. The van der Waals surface area contributed by atoms with Gasteiger partial charge in [0, 0.05) is 10.9 Å². The number of hydrogen-bond donors (Lipinski definition) is 0. The van der Waals surface area contributed by atoms with E-state index in [0.717, 1.165) is 27.9 Å². The lowest BCUT2D eigenvalue weighted by atomic mass is 10.1. The lowest BCUT2D eigenvalue weighted by Crippen LogP contribution is -1.92. The Hall–Kier alpha value is -2.42. The lowest BCUT2D eigenvalue weighted by Gasteiger charge is -2.07. The van der Waals surface area contributed by atoms with E-state index in [1.807, 2.05) is 62.4 Å². The lowest BCUT2D eigenvalue weighted by molar-refractivity contribution is 0.419. The van der Waals surface area contributed by atoms with E-state index in [0.29, 0.717) is 0 Å². The van der Waals surface area contributed by atoms with Crippen molar-refractivity contribution in [1.29, 1.82) is 0 Å². The smallest absolute Gasteiger partial charge is 0.145 e. The van der Waals surface area contributed by atoms with Gasteiger partial charge in [0.25, 0.3) is 0 Å². The Morgan fingerprint density at radius 3 is 2.30 bits per heavy atom. The molecule has 3 heteroatoms. The molecule has 0 atom stereocenters. The van der Waals surface area contributed by atoms with Crippen LogP contribution in [0, 0.1) is 0 Å². The molecule has 0 aliphatic heterocycles. The molecule has 1 aromatic heterocycles. The van der Waals surface area contributed by atoms with Crippen molar-refractivity contribution >= 4 is 10.9 Å². The van der Waals surface area contributed by atoms with Gasteiger partial charge in [-0.2, -0.15) is 0 Å². The Kier molecular flexibility index (Phi) is 4.66. The van der Waals surface area contributed by atoms with E-state index in [1.165, 1.54) is 0 Å². The monoisotopic (exact) mass is 266 g/mol. The van der Waals surface area contributed by atoms with Crippen LogP contribution in [-0.2, 0) is 0 Å². The standard InChI is InChI=1S/C15H12N2O.C2H6/c1-18-13-9-5-8-12-14(16-10-17-15(12)13)11-6-3-2-4-7-11;1-2/h2-10H,1H3;1-2H3. The number of methoxy groups -OCH3 is 1. The summed E-state index contributed by atoms with van der Waals surface area (Å²) in [4.78, 5) is 8.69. The molecule has 3 aromatic rings. The molecule has 0 bridgehead atoms. The van der Waals surface area contributed by atoms with Gasteiger partial charge < -0.3 is 4.74 Å². The van der Waals surface area contributed by atoms with Gasteiger partial charge in [0.15, 0.2) is 0 Å². The molecule has 0 spiro atoms. The van der Waals surface area contributed by atoms with Gasteiger partial charge in [0.1, 0.15) is 17.6 Å². The summed E-state index contributed by atoms with van der Waals surface area (Å²) in [6.07, 6.45) is 1.58. The van der Waals surface area contributed by atoms with E-state index in [1.54, 1.807) is 13.4 Å². The number of hydrogen-bond acceptors (Lipinski definition) is 3. The molecule has 3 rings (SSSR count). The highest BCUT2D eigenvalue weighted by Crippen LogP contribution is 2.29. The van der Waals surface area contributed by atoms with E-state index in [-0.39, 0.29) is 0 Å². The van der Waals surface area contributed by atoms with Gasteiger partial charge in [-0.1, -0.05) is 56.3 Å². The van der Waals surface area contributed by atoms with Gasteiger partial charge >= 0.3 is 0 Å². The predicted octanol–water partition coefficient (Wildman–Crippen LogP) is 4.33. The van der Waals surface area contributed by atoms with Crippen LogP contribution in [0.2, 0.25) is 0 Å². The molecule has 0 aliphatic carbocycles. The van der Waals surface area contributed by atoms with Crippen LogP contribution < -0.4 is 4.74 Å². The van der Waals surface area contributed by atoms with Crippen molar-refractivity contribution in [3.05, 3.63) is 54.9 Å². The SMILES string of the molecule is CC.COc1cccc2c(-c3ccccc3)ncnc12. The van der Waals surface area contributed by atoms with Crippen LogP contribution in [0.3, 0.4) is 0 Å². The summed E-state index contributed by atoms with van der Waals surface area (Å²) >= 11 is 0. The first-order chi connectivity index (χ1) is 9.90. The largest absolute Gasteiger partial charge is 0.494 e. The van der Waals surface area contributed by atoms with Gasteiger partial charge in [-0.05, 0) is 6.07 Å². The quantitative estimate of drug-likeness (QED) is 0.692. The van der Waals surface area contributed by atoms with Crippen LogP contribution in [0.4, 0.5) is 0 Å². The van der Waals surface area contributed by atoms with Crippen LogP contribution in [0.25, 0.3) is 22.2 Å². The fraction of sp³-hybridized carbons (Fsp3) is 0.176. The van der Waals surface area contributed by atoms with Crippen molar-refractivity contribution < 1.29 is 4.74 Å². The Labute approximate surface area is 119 Å². The summed E-state index contributed by atoms with van der Waals surface area (Å²) in [5.41, 5.74) is 2.85. The highest BCUT2D eigenvalue weighted by molar-refractivity contribution is 5.95. The minimum Gasteiger partial charge on any atom is -0.494 e. The topological polar surface area (TPSA) is 35.0 Å². The Morgan fingerprint density at radius 2 is 1.60 bits per heavy atom. The average Bonchev–Trinajstić information content (AvgIpc) is 2.56. The molecular formula is C17H18N2O. The molecule has 0 saturated heterocycles. The zero-order chi connectivity index (χ0) is 14.4. The van der Waals surface area contributed by atoms with Crippen LogP contribution >= 0.6 is 0 Å². The zero-order valence-electron chi connectivity index (χ0n) is 12.0. The molecule has 20 heavy (non-hydrogen) atoms. The first-order valence-electron chi connectivity index (χ1n) is 6.73. The number of nitrogens with zero attached hydrogens (tertiary/aromatic N) is 2. The summed E-state index contributed by atoms with van der Waals surface area (Å²) in [6, 6.07) is 16.0. The van der Waals surface area contributed by atoms with Gasteiger partial charge in [-0.15, -0.1) is 0 Å². The molecule has 0 radical (unpaired) electrons. The molecule has 2 aromatic carbocycles. The maximum Gasteiger partial charge on any atom is 0.145 e. The molecule has 102 valence electrons. The second kappa shape index (κ2) is 6.66. The van der Waals surface area contributed by atoms with E-state index in [9.17, 15) is 0 Å². The third-order valence-electron chi connectivity index (χ3n) is 2.89. The Morgan fingerprint density at radius 1 is 0.850 bits per heavy atom. The molecular weight excluding hydrogens is 248 g/mol. The third kappa shape index (κ3) is 2.62. The summed E-state index contributed by atoms with van der Waals surface area (Å²) in [5.74, 6) is 0.770. The third-order valence-corrected chi connectivity index (χ3v) is 2.89. The van der Waals surface area contributed by atoms with E-state index in [2.05, 4.69) is 9.97 Å². The summed E-state index contributed by atoms with van der Waals surface area (Å²) in [7, 11) is 1.65. The molecule has 0 fully saturated rings. The molecule has 1 heterocycles. The van der Waals surface area contributed by atoms with E-state index in [4.69, 9.17) is 4.74 Å². The van der Waals surface area contributed by atoms with Crippen molar-refractivity contribution in [3.8, 4) is 17.0 Å². The summed E-state index contributed by atoms with van der Waals surface area (Å²) < 4.78 is 5.33. The van der Waals surface area contributed by atoms with Crippen molar-refractivity contribution in [2.75, 3.05) is 7.11 Å². The number of aromatic nitrogens is 2. The second-order valence-corrected chi connectivity index (χ2v) is 3.94. The fourth-order valence-corrected chi connectivity index (χ4v) is 2.05. The molecule has 0 aliphatic rings. The maximum atomic E-state index is 5.33. The van der Waals surface area contributed by atoms with Gasteiger partial charge in [-0.3, -0.25) is 0 Å². The molecule has 3 nitrogen and oxygen atoms in total. The van der Waals surface area contributed by atoms with Crippen LogP contribution in [0.5, 0.6) is 5.75 Å². The van der Waals surface area contributed by atoms with Gasteiger partial charge in [0.2, 0.25) is 0 Å². The molecule has 0 amide bonds. The van der Waals surface area contributed by atoms with Gasteiger partial charge in [0.05, 0.1) is 12.8 Å². The predicted molar refractivity (Wildman–Crippen MR) is 82.9 cm³/mol. The van der Waals surface area contributed by atoms with Crippen molar-refractivity contribution in [1.82, 2.24) is 9.97 Å². The first kappa shape index (κ1) is 14.0. The molecule has 0 saturated carbocycles. The van der Waals surface area contributed by atoms with E-state index < -0.39 is 0 Å². The number of benzene rings is 2. The average molecular weight is 266 g/mol. The summed E-state index contributed by atoms with van der Waals surface area (Å²) in [6.45, 7) is 4.00. The molecule has 0 N–H and O–H groups in total. The zero-order valence-corrected chi connectivity index (χ0v) is 12.0. The van der Waals surface area contributed by atoms with Crippen molar-refractivity contribution in [2.24, 2.45) is 0 Å². The Bertz CT molecular complexity index is 681. The maximum absolute atomic E-state index is 5.33. The van der Waals surface area contributed by atoms with Gasteiger partial charge in [-0.25, -0.2) is 9.97 Å². The normalized spacial score (nSPS) is 9.75. The van der Waals surface area contributed by atoms with Crippen LogP contribution in [-0.4, -0.2) is 17.1 Å². The summed E-state index contributed by atoms with van der Waals surface area (Å²) in [5, 5.41) is 1.00. The highest BCUT2D eigenvalue weighted by Gasteiger charge is 2.08. The van der Waals surface area contributed by atoms with Crippen molar-refractivity contribution in [2.45, 2.75) is 13.8 Å². The first-order valence-corrected chi connectivity index (χ1v) is 6.73.